The van der Waals surface area contributed by atoms with Crippen LogP contribution in [0.3, 0.4) is 0 Å². The molecule has 1 aromatic heterocycles. The van der Waals surface area contributed by atoms with E-state index in [4.69, 9.17) is 4.74 Å². The maximum atomic E-state index is 13.6. The lowest BCUT2D eigenvalue weighted by molar-refractivity contribution is 0.0918. The fourth-order valence-electron chi connectivity index (χ4n) is 3.46. The number of ether oxygens (including phenoxy) is 1. The molecule has 0 N–H and O–H groups in total. The fourth-order valence-corrected chi connectivity index (χ4v) is 4.09. The van der Waals surface area contributed by atoms with E-state index in [2.05, 4.69) is 4.98 Å². The van der Waals surface area contributed by atoms with Crippen molar-refractivity contribution in [1.82, 2.24) is 4.98 Å². The summed E-state index contributed by atoms with van der Waals surface area (Å²) in [5, 5.41) is 9.74. The lowest BCUT2D eigenvalue weighted by atomic mass is 9.98. The van der Waals surface area contributed by atoms with E-state index in [0.29, 0.717) is 27.9 Å². The predicted molar refractivity (Wildman–Crippen MR) is 129 cm³/mol. The summed E-state index contributed by atoms with van der Waals surface area (Å²) >= 11 is 0. The first-order valence-corrected chi connectivity index (χ1v) is 12.4. The molecule has 35 heavy (non-hydrogen) atoms. The van der Waals surface area contributed by atoms with E-state index in [0.717, 1.165) is 6.26 Å². The second-order valence-electron chi connectivity index (χ2n) is 7.73. The molecule has 0 aliphatic carbocycles. The van der Waals surface area contributed by atoms with Crippen LogP contribution in [0, 0.1) is 17.1 Å². The van der Waals surface area contributed by atoms with Crippen LogP contribution >= 0.6 is 0 Å². The molecule has 3 aromatic carbocycles. The zero-order valence-electron chi connectivity index (χ0n) is 18.6. The molecule has 0 unspecified atom stereocenters. The molecule has 1 heterocycles. The summed E-state index contributed by atoms with van der Waals surface area (Å²) in [4.78, 5) is 17.2. The summed E-state index contributed by atoms with van der Waals surface area (Å²) in [7, 11) is -3.39. The van der Waals surface area contributed by atoms with Gasteiger partial charge in [-0.2, -0.15) is 5.26 Å². The monoisotopic (exact) mass is 486 g/mol. The normalized spacial score (nSPS) is 11.0. The number of nitriles is 1. The molecule has 0 bridgehead atoms. The Morgan fingerprint density at radius 1 is 0.971 bits per heavy atom. The van der Waals surface area contributed by atoms with E-state index >= 15 is 0 Å². The third-order valence-electron chi connectivity index (χ3n) is 5.25. The van der Waals surface area contributed by atoms with Crippen molar-refractivity contribution in [3.05, 3.63) is 102 Å². The first-order chi connectivity index (χ1) is 16.8. The van der Waals surface area contributed by atoms with Crippen molar-refractivity contribution in [2.75, 3.05) is 12.9 Å². The lowest BCUT2D eigenvalue weighted by Gasteiger charge is -2.14. The number of sulfone groups is 1. The van der Waals surface area contributed by atoms with Gasteiger partial charge >= 0.3 is 0 Å². The van der Waals surface area contributed by atoms with Crippen molar-refractivity contribution in [1.29, 1.82) is 5.26 Å². The molecule has 0 amide bonds. The van der Waals surface area contributed by atoms with Gasteiger partial charge in [0.15, 0.2) is 22.2 Å². The predicted octanol–water partition coefficient (Wildman–Crippen LogP) is 5.09. The summed E-state index contributed by atoms with van der Waals surface area (Å²) in [5.41, 5.74) is 2.63. The minimum Gasteiger partial charge on any atom is -0.468 e. The van der Waals surface area contributed by atoms with Crippen LogP contribution < -0.4 is 4.74 Å². The number of Topliss-reactive ketones (excluding diaryl/α,β-unsaturated/α-hetero) is 1. The van der Waals surface area contributed by atoms with Gasteiger partial charge < -0.3 is 4.74 Å². The van der Waals surface area contributed by atoms with E-state index in [9.17, 15) is 22.9 Å². The molecule has 4 aromatic rings. The van der Waals surface area contributed by atoms with Gasteiger partial charge in [0, 0.05) is 22.9 Å². The molecular formula is C27H19FN2O4S. The van der Waals surface area contributed by atoms with Crippen LogP contribution in [0.1, 0.15) is 15.9 Å². The topological polar surface area (TPSA) is 97.1 Å². The second-order valence-corrected chi connectivity index (χ2v) is 9.75. The Morgan fingerprint density at radius 3 is 2.20 bits per heavy atom. The van der Waals surface area contributed by atoms with E-state index in [1.807, 2.05) is 6.07 Å². The Bertz CT molecular complexity index is 1530. The third kappa shape index (κ3) is 5.42. The highest BCUT2D eigenvalue weighted by Gasteiger charge is 2.18. The standard InChI is InChI=1S/C27H19FN2O4S/c1-35(32,33)23-13-9-18(10-14-23)24-15-21(16-29)27(30-26(24)20-7-11-22(28)12-8-20)34-17-25(31)19-5-3-2-4-6-19/h2-15H,17H2,1H3. The number of nitrogens with zero attached hydrogens (tertiary/aromatic N) is 2. The van der Waals surface area contributed by atoms with Gasteiger partial charge in [-0.25, -0.2) is 17.8 Å². The van der Waals surface area contributed by atoms with E-state index in [-0.39, 0.29) is 28.7 Å². The lowest BCUT2D eigenvalue weighted by Crippen LogP contribution is -2.13. The van der Waals surface area contributed by atoms with E-state index < -0.39 is 15.7 Å². The number of hydrogen-bond acceptors (Lipinski definition) is 6. The molecule has 0 spiro atoms. The van der Waals surface area contributed by atoms with Crippen molar-refractivity contribution in [3.8, 4) is 34.3 Å². The molecule has 0 saturated carbocycles. The molecular weight excluding hydrogens is 467 g/mol. The summed E-state index contributed by atoms with van der Waals surface area (Å²) in [6, 6.07) is 24.0. The van der Waals surface area contributed by atoms with Gasteiger partial charge in [0.2, 0.25) is 5.88 Å². The van der Waals surface area contributed by atoms with Crippen molar-refractivity contribution in [2.45, 2.75) is 4.90 Å². The number of ketones is 1. The molecule has 4 rings (SSSR count). The number of halogens is 1. The fraction of sp³-hybridized carbons (Fsp3) is 0.0741. The summed E-state index contributed by atoms with van der Waals surface area (Å²) in [6.45, 7) is -0.322. The van der Waals surface area contributed by atoms with Crippen molar-refractivity contribution < 1.29 is 22.3 Å². The average molecular weight is 487 g/mol. The maximum Gasteiger partial charge on any atom is 0.232 e. The van der Waals surface area contributed by atoms with E-state index in [1.54, 1.807) is 48.5 Å². The summed E-state index contributed by atoms with van der Waals surface area (Å²) < 4.78 is 42.9. The van der Waals surface area contributed by atoms with Gasteiger partial charge in [0.1, 0.15) is 17.4 Å². The Kier molecular flexibility index (Phi) is 6.71. The quantitative estimate of drug-likeness (QED) is 0.338. The molecule has 0 fully saturated rings. The van der Waals surface area contributed by atoms with Crippen LogP contribution in [0.4, 0.5) is 4.39 Å². The molecule has 0 saturated heterocycles. The van der Waals surface area contributed by atoms with Crippen LogP contribution in [-0.2, 0) is 9.84 Å². The molecule has 8 heteroatoms. The highest BCUT2D eigenvalue weighted by molar-refractivity contribution is 7.90. The number of benzene rings is 3. The van der Waals surface area contributed by atoms with Gasteiger partial charge in [0.05, 0.1) is 10.6 Å². The molecule has 6 nitrogen and oxygen atoms in total. The van der Waals surface area contributed by atoms with Crippen molar-refractivity contribution >= 4 is 15.6 Å². The highest BCUT2D eigenvalue weighted by Crippen LogP contribution is 2.35. The summed E-state index contributed by atoms with van der Waals surface area (Å²) in [5.74, 6) is -0.737. The number of rotatable bonds is 7. The number of carbonyl (C=O) groups is 1. The molecule has 0 aliphatic heterocycles. The Balaban J connectivity index is 1.78. The highest BCUT2D eigenvalue weighted by atomic mass is 32.2. The second kappa shape index (κ2) is 9.87. The Labute approximate surface area is 202 Å². The zero-order valence-corrected chi connectivity index (χ0v) is 19.4. The molecule has 174 valence electrons. The zero-order chi connectivity index (χ0) is 25.0. The van der Waals surface area contributed by atoms with Gasteiger partial charge in [-0.3, -0.25) is 4.79 Å². The summed E-state index contributed by atoms with van der Waals surface area (Å²) in [6.07, 6.45) is 1.12. The van der Waals surface area contributed by atoms with E-state index in [1.165, 1.54) is 36.4 Å². The van der Waals surface area contributed by atoms with Gasteiger partial charge in [-0.05, 0) is 48.0 Å². The van der Waals surface area contributed by atoms with Crippen LogP contribution in [0.5, 0.6) is 5.88 Å². The maximum absolute atomic E-state index is 13.6. The average Bonchev–Trinajstić information content (AvgIpc) is 2.87. The molecule has 0 radical (unpaired) electrons. The number of carbonyl (C=O) groups excluding carboxylic acids is 1. The molecule has 0 atom stereocenters. The molecule has 0 aliphatic rings. The van der Waals surface area contributed by atoms with Crippen LogP contribution in [-0.4, -0.2) is 32.0 Å². The Morgan fingerprint density at radius 2 is 1.60 bits per heavy atom. The number of pyridine rings is 1. The minimum absolute atomic E-state index is 0.0346. The van der Waals surface area contributed by atoms with Gasteiger partial charge in [0.25, 0.3) is 0 Å². The Hall–Kier alpha value is -4.35. The smallest absolute Gasteiger partial charge is 0.232 e. The minimum atomic E-state index is -3.39. The van der Waals surface area contributed by atoms with Gasteiger partial charge in [-0.15, -0.1) is 0 Å². The van der Waals surface area contributed by atoms with Gasteiger partial charge in [-0.1, -0.05) is 42.5 Å². The largest absolute Gasteiger partial charge is 0.468 e. The van der Waals surface area contributed by atoms with Crippen LogP contribution in [0.15, 0.2) is 89.8 Å². The van der Waals surface area contributed by atoms with Crippen LogP contribution in [0.2, 0.25) is 0 Å². The third-order valence-corrected chi connectivity index (χ3v) is 6.38. The number of aromatic nitrogens is 1. The van der Waals surface area contributed by atoms with Crippen LogP contribution in [0.25, 0.3) is 22.4 Å². The first-order valence-electron chi connectivity index (χ1n) is 10.5. The van der Waals surface area contributed by atoms with Crippen molar-refractivity contribution in [2.24, 2.45) is 0 Å². The first kappa shape index (κ1) is 23.8. The number of hydrogen-bond donors (Lipinski definition) is 0. The van der Waals surface area contributed by atoms with Crippen molar-refractivity contribution in [3.63, 3.8) is 0 Å². The SMILES string of the molecule is CS(=O)(=O)c1ccc(-c2cc(C#N)c(OCC(=O)c3ccccc3)nc2-c2ccc(F)cc2)cc1.